The van der Waals surface area contributed by atoms with Crippen LogP contribution in [0.5, 0.6) is 0 Å². The molecular weight excluding hydrogens is 360 g/mol. The van der Waals surface area contributed by atoms with Gasteiger partial charge in [-0.05, 0) is 36.4 Å². The summed E-state index contributed by atoms with van der Waals surface area (Å²) < 4.78 is 32.3. The predicted molar refractivity (Wildman–Crippen MR) is 91.4 cm³/mol. The summed E-state index contributed by atoms with van der Waals surface area (Å²) in [6.45, 7) is 0.623. The van der Waals surface area contributed by atoms with Crippen molar-refractivity contribution in [2.24, 2.45) is 0 Å². The van der Waals surface area contributed by atoms with Gasteiger partial charge >= 0.3 is 0 Å². The fourth-order valence-electron chi connectivity index (χ4n) is 3.14. The molecule has 1 aliphatic rings. The lowest BCUT2D eigenvalue weighted by atomic mass is 10.2. The van der Waals surface area contributed by atoms with Gasteiger partial charge in [-0.3, -0.25) is 4.79 Å². The summed E-state index contributed by atoms with van der Waals surface area (Å²) >= 11 is 1.54. The van der Waals surface area contributed by atoms with Crippen LogP contribution in [0.2, 0.25) is 0 Å². The number of hydrogen-bond donors (Lipinski definition) is 0. The van der Waals surface area contributed by atoms with Crippen LogP contribution in [-0.2, 0) is 11.2 Å². The maximum atomic E-state index is 13.9. The zero-order valence-corrected chi connectivity index (χ0v) is 14.5. The van der Waals surface area contributed by atoms with Crippen molar-refractivity contribution in [3.63, 3.8) is 0 Å². The molecule has 0 saturated carbocycles. The van der Waals surface area contributed by atoms with Crippen LogP contribution in [0, 0.1) is 11.6 Å². The summed E-state index contributed by atoms with van der Waals surface area (Å²) in [5, 5.41) is 5.74. The Morgan fingerprint density at radius 1 is 1.35 bits per heavy atom. The third kappa shape index (κ3) is 3.24. The molecule has 1 unspecified atom stereocenters. The maximum absolute atomic E-state index is 13.9. The van der Waals surface area contributed by atoms with Gasteiger partial charge in [-0.1, -0.05) is 11.2 Å². The van der Waals surface area contributed by atoms with E-state index in [1.165, 1.54) is 6.07 Å². The van der Waals surface area contributed by atoms with E-state index in [-0.39, 0.29) is 29.2 Å². The number of carbonyl (C=O) groups is 1. The lowest BCUT2D eigenvalue weighted by molar-refractivity contribution is -0.131. The standard InChI is InChI=1S/C18H15F2N3O2S/c19-11-5-6-13(14(20)9-11)17-21-18(25-22-17)15-4-1-7-23(15)16(24)10-12-3-2-8-26-12/h2-3,5-6,8-9,15H,1,4,7,10H2. The highest BCUT2D eigenvalue weighted by atomic mass is 32.1. The van der Waals surface area contributed by atoms with Crippen molar-refractivity contribution in [1.29, 1.82) is 0 Å². The first-order chi connectivity index (χ1) is 12.6. The third-order valence-electron chi connectivity index (χ3n) is 4.38. The Bertz CT molecular complexity index is 926. The minimum atomic E-state index is -0.755. The van der Waals surface area contributed by atoms with Crippen molar-refractivity contribution in [3.8, 4) is 11.4 Å². The van der Waals surface area contributed by atoms with Crippen LogP contribution >= 0.6 is 11.3 Å². The zero-order chi connectivity index (χ0) is 18.1. The normalized spacial score (nSPS) is 17.0. The van der Waals surface area contributed by atoms with E-state index in [1.807, 2.05) is 17.5 Å². The van der Waals surface area contributed by atoms with Crippen molar-refractivity contribution >= 4 is 17.2 Å². The van der Waals surface area contributed by atoms with Crippen molar-refractivity contribution < 1.29 is 18.1 Å². The number of likely N-dealkylation sites (tertiary alicyclic amines) is 1. The molecule has 1 atom stereocenters. The molecule has 0 bridgehead atoms. The van der Waals surface area contributed by atoms with Crippen LogP contribution in [0.25, 0.3) is 11.4 Å². The Kier molecular flexibility index (Phi) is 4.50. The van der Waals surface area contributed by atoms with Gasteiger partial charge in [0.2, 0.25) is 17.6 Å². The molecule has 1 fully saturated rings. The predicted octanol–water partition coefficient (Wildman–Crippen LogP) is 3.98. The highest BCUT2D eigenvalue weighted by Gasteiger charge is 2.34. The van der Waals surface area contributed by atoms with Gasteiger partial charge in [-0.2, -0.15) is 4.98 Å². The number of benzene rings is 1. The maximum Gasteiger partial charge on any atom is 0.249 e. The number of carbonyl (C=O) groups excluding carboxylic acids is 1. The van der Waals surface area contributed by atoms with E-state index in [0.717, 1.165) is 23.4 Å². The number of thiophene rings is 1. The van der Waals surface area contributed by atoms with E-state index in [0.29, 0.717) is 19.4 Å². The smallest absolute Gasteiger partial charge is 0.249 e. The average molecular weight is 375 g/mol. The van der Waals surface area contributed by atoms with E-state index in [2.05, 4.69) is 10.1 Å². The molecule has 5 nitrogen and oxygen atoms in total. The second kappa shape index (κ2) is 6.95. The summed E-state index contributed by atoms with van der Waals surface area (Å²) in [6.07, 6.45) is 1.88. The van der Waals surface area contributed by atoms with Crippen LogP contribution in [-0.4, -0.2) is 27.5 Å². The van der Waals surface area contributed by atoms with Crippen molar-refractivity contribution in [2.45, 2.75) is 25.3 Å². The van der Waals surface area contributed by atoms with E-state index < -0.39 is 11.6 Å². The molecule has 1 saturated heterocycles. The first-order valence-corrected chi connectivity index (χ1v) is 9.10. The van der Waals surface area contributed by atoms with Crippen molar-refractivity contribution in [2.75, 3.05) is 6.54 Å². The summed E-state index contributed by atoms with van der Waals surface area (Å²) in [5.41, 5.74) is 0.0656. The Morgan fingerprint density at radius 3 is 3.00 bits per heavy atom. The number of halogens is 2. The Labute approximate surface area is 152 Å². The zero-order valence-electron chi connectivity index (χ0n) is 13.7. The van der Waals surface area contributed by atoms with Gasteiger partial charge in [0.15, 0.2) is 0 Å². The number of aromatic nitrogens is 2. The molecule has 26 heavy (non-hydrogen) atoms. The molecule has 0 radical (unpaired) electrons. The molecule has 1 aliphatic heterocycles. The van der Waals surface area contributed by atoms with Gasteiger partial charge in [0.1, 0.15) is 17.7 Å². The van der Waals surface area contributed by atoms with E-state index in [1.54, 1.807) is 16.2 Å². The quantitative estimate of drug-likeness (QED) is 0.692. The molecule has 2 aromatic heterocycles. The lowest BCUT2D eigenvalue weighted by Crippen LogP contribution is -2.31. The second-order valence-electron chi connectivity index (χ2n) is 6.08. The van der Waals surface area contributed by atoms with Gasteiger partial charge in [0.05, 0.1) is 12.0 Å². The van der Waals surface area contributed by atoms with Gasteiger partial charge in [-0.25, -0.2) is 8.78 Å². The molecule has 3 aromatic rings. The van der Waals surface area contributed by atoms with Crippen LogP contribution in [0.3, 0.4) is 0 Å². The van der Waals surface area contributed by atoms with Gasteiger partial charge < -0.3 is 9.42 Å². The van der Waals surface area contributed by atoms with Gasteiger partial charge in [-0.15, -0.1) is 11.3 Å². The average Bonchev–Trinajstić information content (AvgIpc) is 3.35. The molecule has 3 heterocycles. The molecule has 4 rings (SSSR count). The van der Waals surface area contributed by atoms with Crippen LogP contribution < -0.4 is 0 Å². The monoisotopic (exact) mass is 375 g/mol. The van der Waals surface area contributed by atoms with Gasteiger partial charge in [0, 0.05) is 17.5 Å². The third-order valence-corrected chi connectivity index (χ3v) is 5.25. The first kappa shape index (κ1) is 16.8. The summed E-state index contributed by atoms with van der Waals surface area (Å²) in [6, 6.07) is 6.71. The number of nitrogens with zero attached hydrogens (tertiary/aromatic N) is 3. The molecule has 0 spiro atoms. The molecule has 0 aliphatic carbocycles. The van der Waals surface area contributed by atoms with E-state index in [4.69, 9.17) is 4.52 Å². The minimum Gasteiger partial charge on any atom is -0.337 e. The van der Waals surface area contributed by atoms with Crippen LogP contribution in [0.1, 0.15) is 29.7 Å². The number of amides is 1. The second-order valence-corrected chi connectivity index (χ2v) is 7.11. The molecular formula is C18H15F2N3O2S. The van der Waals surface area contributed by atoms with Crippen LogP contribution in [0.15, 0.2) is 40.2 Å². The highest BCUT2D eigenvalue weighted by molar-refractivity contribution is 7.10. The highest BCUT2D eigenvalue weighted by Crippen LogP contribution is 2.33. The summed E-state index contributed by atoms with van der Waals surface area (Å²) in [5.74, 6) is -1.09. The number of rotatable bonds is 4. The molecule has 8 heteroatoms. The largest absolute Gasteiger partial charge is 0.337 e. The Balaban J connectivity index is 1.55. The van der Waals surface area contributed by atoms with Gasteiger partial charge in [0.25, 0.3) is 0 Å². The number of hydrogen-bond acceptors (Lipinski definition) is 5. The fourth-order valence-corrected chi connectivity index (χ4v) is 3.83. The van der Waals surface area contributed by atoms with E-state index >= 15 is 0 Å². The topological polar surface area (TPSA) is 59.2 Å². The van der Waals surface area contributed by atoms with Crippen molar-refractivity contribution in [3.05, 3.63) is 58.1 Å². The SMILES string of the molecule is O=C(Cc1cccs1)N1CCCC1c1nc(-c2ccc(F)cc2F)no1. The van der Waals surface area contributed by atoms with Crippen molar-refractivity contribution in [1.82, 2.24) is 15.0 Å². The minimum absolute atomic E-state index is 0.00247. The van der Waals surface area contributed by atoms with E-state index in [9.17, 15) is 13.6 Å². The molecule has 1 amide bonds. The Hall–Kier alpha value is -2.61. The van der Waals surface area contributed by atoms with Crippen LogP contribution in [0.4, 0.5) is 8.78 Å². The molecule has 0 N–H and O–H groups in total. The summed E-state index contributed by atoms with van der Waals surface area (Å²) in [4.78, 5) is 19.6. The molecule has 134 valence electrons. The Morgan fingerprint density at radius 2 is 2.23 bits per heavy atom. The molecule has 1 aromatic carbocycles. The fraction of sp³-hybridized carbons (Fsp3) is 0.278. The summed E-state index contributed by atoms with van der Waals surface area (Å²) in [7, 11) is 0. The lowest BCUT2D eigenvalue weighted by Gasteiger charge is -2.21. The first-order valence-electron chi connectivity index (χ1n) is 8.22.